The summed E-state index contributed by atoms with van der Waals surface area (Å²) in [5.74, 6) is 0.298. The predicted molar refractivity (Wildman–Crippen MR) is 124 cm³/mol. The van der Waals surface area contributed by atoms with Gasteiger partial charge in [0.25, 0.3) is 0 Å². The highest BCUT2D eigenvalue weighted by molar-refractivity contribution is 7.89. The van der Waals surface area contributed by atoms with E-state index < -0.39 is 16.1 Å². The number of hydrogen-bond donors (Lipinski definition) is 1. The second-order valence-electron chi connectivity index (χ2n) is 8.45. The molecule has 3 rings (SSSR count). The normalized spacial score (nSPS) is 22.5. The summed E-state index contributed by atoms with van der Waals surface area (Å²) in [7, 11) is 0.132. The second-order valence-corrected chi connectivity index (χ2v) is 10.3. The highest BCUT2D eigenvalue weighted by Gasteiger charge is 2.37. The minimum absolute atomic E-state index is 0.0529. The summed E-state index contributed by atoms with van der Waals surface area (Å²) in [6.07, 6.45) is 3.74. The van der Waals surface area contributed by atoms with Gasteiger partial charge in [-0.15, -0.1) is 0 Å². The Balaban J connectivity index is 2.05. The van der Waals surface area contributed by atoms with Gasteiger partial charge in [0.05, 0.1) is 6.61 Å². The number of rotatable bonds is 6. The average Bonchev–Trinajstić information content (AvgIpc) is 2.74. The third kappa shape index (κ3) is 5.54. The van der Waals surface area contributed by atoms with E-state index in [-0.39, 0.29) is 30.1 Å². The van der Waals surface area contributed by atoms with Gasteiger partial charge in [0.2, 0.25) is 10.0 Å². The molecule has 1 aliphatic rings. The molecule has 1 N–H and O–H groups in total. The van der Waals surface area contributed by atoms with E-state index in [0.717, 1.165) is 11.1 Å². The molecule has 0 fully saturated rings. The second kappa shape index (κ2) is 9.96. The van der Waals surface area contributed by atoms with Crippen molar-refractivity contribution in [1.29, 1.82) is 0 Å². The summed E-state index contributed by atoms with van der Waals surface area (Å²) in [5, 5.41) is 9.69. The number of hydrogen-bond acceptors (Lipinski definition) is 5. The Kier molecular flexibility index (Phi) is 7.54. The summed E-state index contributed by atoms with van der Waals surface area (Å²) in [6.45, 7) is 4.43. The fourth-order valence-electron chi connectivity index (χ4n) is 3.68. The first-order valence-corrected chi connectivity index (χ1v) is 12.0. The van der Waals surface area contributed by atoms with E-state index in [9.17, 15) is 13.5 Å². The van der Waals surface area contributed by atoms with Crippen molar-refractivity contribution < 1.29 is 18.3 Å². The fraction of sp³-hybridized carbons (Fsp3) is 0.417. The van der Waals surface area contributed by atoms with Gasteiger partial charge in [0.15, 0.2) is 0 Å². The van der Waals surface area contributed by atoms with E-state index in [2.05, 4.69) is 0 Å². The van der Waals surface area contributed by atoms with Crippen molar-refractivity contribution in [2.45, 2.75) is 30.9 Å². The molecule has 0 spiro atoms. The van der Waals surface area contributed by atoms with Crippen LogP contribution in [0.5, 0.6) is 5.75 Å². The van der Waals surface area contributed by atoms with Gasteiger partial charge in [-0.05, 0) is 44.3 Å². The minimum atomic E-state index is -3.81. The zero-order chi connectivity index (χ0) is 22.6. The summed E-state index contributed by atoms with van der Waals surface area (Å²) in [4.78, 5) is 2.18. The molecule has 6 nitrogen and oxygen atoms in total. The molecular formula is C24H32N2O4S. The lowest BCUT2D eigenvalue weighted by Crippen LogP contribution is -2.49. The van der Waals surface area contributed by atoms with Crippen molar-refractivity contribution in [2.24, 2.45) is 5.92 Å². The monoisotopic (exact) mass is 444 g/mol. The standard InChI is InChI=1S/C24H32N2O4S/c1-18-15-26(19(2)17-27)31(28,29)24-13-12-21(11-10-20-8-6-5-7-9-20)14-22(24)30-23(18)16-25(3)4/h5-14,18-19,23,27H,15-17H2,1-4H3/b11-10+/t18-,19+,23-/m1/s1. The van der Waals surface area contributed by atoms with Crippen molar-refractivity contribution >= 4 is 22.2 Å². The van der Waals surface area contributed by atoms with E-state index >= 15 is 0 Å². The van der Waals surface area contributed by atoms with Gasteiger partial charge < -0.3 is 14.7 Å². The molecule has 0 saturated carbocycles. The lowest BCUT2D eigenvalue weighted by atomic mass is 10.0. The zero-order valence-electron chi connectivity index (χ0n) is 18.6. The highest BCUT2D eigenvalue weighted by Crippen LogP contribution is 2.34. The molecule has 2 aromatic rings. The minimum Gasteiger partial charge on any atom is -0.487 e. The number of sulfonamides is 1. The average molecular weight is 445 g/mol. The van der Waals surface area contributed by atoms with Crippen molar-refractivity contribution in [3.05, 3.63) is 59.7 Å². The Hall–Kier alpha value is -2.19. The number of benzene rings is 2. The Bertz CT molecular complexity index is 1010. The van der Waals surface area contributed by atoms with Crippen LogP contribution in [0.15, 0.2) is 53.4 Å². The Morgan fingerprint density at radius 1 is 1.16 bits per heavy atom. The molecule has 0 unspecified atom stereocenters. The molecule has 0 bridgehead atoms. The molecular weight excluding hydrogens is 412 g/mol. The maximum atomic E-state index is 13.4. The topological polar surface area (TPSA) is 70.1 Å². The van der Waals surface area contributed by atoms with Crippen LogP contribution in [0.1, 0.15) is 25.0 Å². The van der Waals surface area contributed by atoms with Gasteiger partial charge in [-0.2, -0.15) is 4.31 Å². The van der Waals surface area contributed by atoms with E-state index in [1.54, 1.807) is 25.1 Å². The third-order valence-electron chi connectivity index (χ3n) is 5.50. The fourth-order valence-corrected chi connectivity index (χ4v) is 5.51. The summed E-state index contributed by atoms with van der Waals surface area (Å²) < 4.78 is 34.6. The van der Waals surface area contributed by atoms with Crippen LogP contribution in [0.25, 0.3) is 12.2 Å². The lowest BCUT2D eigenvalue weighted by Gasteiger charge is -2.37. The Labute approximate surface area is 185 Å². The van der Waals surface area contributed by atoms with Crippen LogP contribution in [0.3, 0.4) is 0 Å². The van der Waals surface area contributed by atoms with Gasteiger partial charge in [0.1, 0.15) is 16.7 Å². The van der Waals surface area contributed by atoms with Crippen molar-refractivity contribution in [3.63, 3.8) is 0 Å². The van der Waals surface area contributed by atoms with Crippen LogP contribution in [0.4, 0.5) is 0 Å². The maximum Gasteiger partial charge on any atom is 0.247 e. The first-order chi connectivity index (χ1) is 14.7. The Morgan fingerprint density at radius 2 is 1.84 bits per heavy atom. The van der Waals surface area contributed by atoms with E-state index in [0.29, 0.717) is 12.3 Å². The van der Waals surface area contributed by atoms with Gasteiger partial charge in [-0.3, -0.25) is 0 Å². The first-order valence-electron chi connectivity index (χ1n) is 10.5. The molecule has 2 aromatic carbocycles. The zero-order valence-corrected chi connectivity index (χ0v) is 19.4. The molecule has 7 heteroatoms. The number of nitrogens with zero attached hydrogens (tertiary/aromatic N) is 2. The SMILES string of the molecule is C[C@@H]1CN([C@@H](C)CO)S(=O)(=O)c2ccc(/C=C/c3ccccc3)cc2O[C@@H]1CN(C)C. The molecule has 0 aliphatic carbocycles. The summed E-state index contributed by atoms with van der Waals surface area (Å²) >= 11 is 0. The van der Waals surface area contributed by atoms with Gasteiger partial charge >= 0.3 is 0 Å². The predicted octanol–water partition coefficient (Wildman–Crippen LogP) is 3.19. The van der Waals surface area contributed by atoms with Crippen LogP contribution < -0.4 is 4.74 Å². The number of likely N-dealkylation sites (N-methyl/N-ethyl adjacent to an activating group) is 1. The molecule has 31 heavy (non-hydrogen) atoms. The van der Waals surface area contributed by atoms with Crippen LogP contribution >= 0.6 is 0 Å². The van der Waals surface area contributed by atoms with Crippen LogP contribution in [-0.4, -0.2) is 68.7 Å². The maximum absolute atomic E-state index is 13.4. The smallest absolute Gasteiger partial charge is 0.247 e. The number of aliphatic hydroxyl groups is 1. The number of aliphatic hydroxyl groups excluding tert-OH is 1. The molecule has 1 aliphatic heterocycles. The summed E-state index contributed by atoms with van der Waals surface area (Å²) in [5.41, 5.74) is 1.92. The molecule has 0 saturated heterocycles. The van der Waals surface area contributed by atoms with Gasteiger partial charge in [0, 0.05) is 25.0 Å². The van der Waals surface area contributed by atoms with Crippen LogP contribution in [0, 0.1) is 5.92 Å². The van der Waals surface area contributed by atoms with E-state index in [4.69, 9.17) is 4.74 Å². The molecule has 3 atom stereocenters. The van der Waals surface area contributed by atoms with Gasteiger partial charge in [-0.1, -0.05) is 55.5 Å². The van der Waals surface area contributed by atoms with E-state index in [1.807, 2.05) is 68.4 Å². The number of fused-ring (bicyclic) bond motifs is 1. The van der Waals surface area contributed by atoms with Crippen molar-refractivity contribution in [2.75, 3.05) is 33.8 Å². The largest absolute Gasteiger partial charge is 0.487 e. The first kappa shape index (κ1) is 23.5. The van der Waals surface area contributed by atoms with Crippen LogP contribution in [-0.2, 0) is 10.0 Å². The highest BCUT2D eigenvalue weighted by atomic mass is 32.2. The lowest BCUT2D eigenvalue weighted by molar-refractivity contribution is 0.0812. The molecule has 168 valence electrons. The summed E-state index contributed by atoms with van der Waals surface area (Å²) in [6, 6.07) is 14.6. The molecule has 1 heterocycles. The van der Waals surface area contributed by atoms with Crippen molar-refractivity contribution in [1.82, 2.24) is 9.21 Å². The molecule has 0 aromatic heterocycles. The van der Waals surface area contributed by atoms with Gasteiger partial charge in [-0.25, -0.2) is 8.42 Å². The third-order valence-corrected chi connectivity index (χ3v) is 7.52. The Morgan fingerprint density at radius 3 is 2.48 bits per heavy atom. The van der Waals surface area contributed by atoms with Crippen LogP contribution in [0.2, 0.25) is 0 Å². The molecule has 0 radical (unpaired) electrons. The van der Waals surface area contributed by atoms with Crippen molar-refractivity contribution in [3.8, 4) is 5.75 Å². The molecule has 0 amide bonds. The quantitative estimate of drug-likeness (QED) is 0.693. The number of ether oxygens (including phenoxy) is 1. The van der Waals surface area contributed by atoms with E-state index in [1.165, 1.54) is 4.31 Å².